The van der Waals surface area contributed by atoms with Crippen molar-refractivity contribution in [2.24, 2.45) is 0 Å². The van der Waals surface area contributed by atoms with Crippen LogP contribution in [0.2, 0.25) is 5.02 Å². The van der Waals surface area contributed by atoms with Gasteiger partial charge in [0, 0.05) is 5.02 Å². The van der Waals surface area contributed by atoms with E-state index in [0.717, 1.165) is 5.75 Å². The van der Waals surface area contributed by atoms with Gasteiger partial charge in [-0.3, -0.25) is 4.79 Å². The Kier molecular flexibility index (Phi) is 6.32. The number of halogens is 1. The van der Waals surface area contributed by atoms with Crippen molar-refractivity contribution in [2.45, 2.75) is 19.4 Å². The molecule has 0 unspecified atom stereocenters. The molecule has 0 bridgehead atoms. The van der Waals surface area contributed by atoms with Gasteiger partial charge in [-0.25, -0.2) is 0 Å². The number of anilines is 1. The molecule has 2 rings (SSSR count). The highest BCUT2D eigenvalue weighted by Gasteiger charge is 2.20. The van der Waals surface area contributed by atoms with E-state index in [2.05, 4.69) is 5.32 Å². The van der Waals surface area contributed by atoms with E-state index < -0.39 is 6.10 Å². The lowest BCUT2D eigenvalue weighted by molar-refractivity contribution is -0.122. The zero-order chi connectivity index (χ0) is 17.5. The second-order valence-electron chi connectivity index (χ2n) is 5.02. The van der Waals surface area contributed by atoms with Crippen LogP contribution in [0.3, 0.4) is 0 Å². The monoisotopic (exact) mass is 349 g/mol. The van der Waals surface area contributed by atoms with Crippen molar-refractivity contribution in [3.05, 3.63) is 47.5 Å². The Morgan fingerprint density at radius 1 is 1.08 bits per heavy atom. The van der Waals surface area contributed by atoms with Crippen molar-refractivity contribution in [3.63, 3.8) is 0 Å². The predicted octanol–water partition coefficient (Wildman–Crippen LogP) is 4.15. The molecule has 0 saturated carbocycles. The lowest BCUT2D eigenvalue weighted by Crippen LogP contribution is -2.32. The minimum Gasteiger partial charge on any atom is -0.497 e. The maximum Gasteiger partial charge on any atom is 0.265 e. The summed E-state index contributed by atoms with van der Waals surface area (Å²) in [5.41, 5.74) is 0.506. The van der Waals surface area contributed by atoms with Gasteiger partial charge in [0.1, 0.15) is 17.2 Å². The third kappa shape index (κ3) is 4.55. The van der Waals surface area contributed by atoms with E-state index in [9.17, 15) is 4.79 Å². The summed E-state index contributed by atoms with van der Waals surface area (Å²) in [4.78, 5) is 12.5. The fourth-order valence-electron chi connectivity index (χ4n) is 2.13. The zero-order valence-corrected chi connectivity index (χ0v) is 14.6. The molecule has 2 aromatic rings. The number of nitrogens with one attached hydrogen (secondary N) is 1. The van der Waals surface area contributed by atoms with Gasteiger partial charge in [0.25, 0.3) is 5.91 Å². The van der Waals surface area contributed by atoms with Crippen LogP contribution in [-0.4, -0.2) is 26.2 Å². The SMILES string of the molecule is CC[C@@H](Oc1ccc(OC)cc1)C(=O)Nc1cc(Cl)ccc1OC. The summed E-state index contributed by atoms with van der Waals surface area (Å²) < 4.78 is 16.1. The predicted molar refractivity (Wildman–Crippen MR) is 94.3 cm³/mol. The lowest BCUT2D eigenvalue weighted by atomic mass is 10.2. The molecule has 5 nitrogen and oxygen atoms in total. The van der Waals surface area contributed by atoms with E-state index in [1.54, 1.807) is 49.6 Å². The smallest absolute Gasteiger partial charge is 0.265 e. The van der Waals surface area contributed by atoms with Crippen molar-refractivity contribution in [2.75, 3.05) is 19.5 Å². The number of rotatable bonds is 7. The van der Waals surface area contributed by atoms with Crippen molar-refractivity contribution in [3.8, 4) is 17.2 Å². The van der Waals surface area contributed by atoms with Crippen LogP contribution in [0.4, 0.5) is 5.69 Å². The minimum absolute atomic E-state index is 0.270. The molecule has 1 N–H and O–H groups in total. The number of carbonyl (C=O) groups excluding carboxylic acids is 1. The number of methoxy groups -OCH3 is 2. The fraction of sp³-hybridized carbons (Fsp3) is 0.278. The normalized spacial score (nSPS) is 11.5. The number of carbonyl (C=O) groups is 1. The zero-order valence-electron chi connectivity index (χ0n) is 13.8. The van der Waals surface area contributed by atoms with Gasteiger partial charge in [-0.1, -0.05) is 18.5 Å². The first kappa shape index (κ1) is 17.9. The number of benzene rings is 2. The maximum absolute atomic E-state index is 12.5. The van der Waals surface area contributed by atoms with Crippen LogP contribution in [0.25, 0.3) is 0 Å². The average molecular weight is 350 g/mol. The average Bonchev–Trinajstić information content (AvgIpc) is 2.60. The number of amides is 1. The molecule has 0 saturated heterocycles. The van der Waals surface area contributed by atoms with E-state index >= 15 is 0 Å². The van der Waals surface area contributed by atoms with E-state index in [1.165, 1.54) is 7.11 Å². The number of hydrogen-bond donors (Lipinski definition) is 1. The van der Waals surface area contributed by atoms with Gasteiger partial charge in [-0.2, -0.15) is 0 Å². The summed E-state index contributed by atoms with van der Waals surface area (Å²) in [6.07, 6.45) is -0.122. The molecule has 2 aromatic carbocycles. The molecular weight excluding hydrogens is 330 g/mol. The highest BCUT2D eigenvalue weighted by molar-refractivity contribution is 6.31. The summed E-state index contributed by atoms with van der Waals surface area (Å²) >= 11 is 5.98. The molecule has 0 aliphatic rings. The Balaban J connectivity index is 2.09. The molecule has 128 valence electrons. The van der Waals surface area contributed by atoms with Gasteiger partial charge in [0.15, 0.2) is 6.10 Å². The third-order valence-corrected chi connectivity index (χ3v) is 3.66. The Bertz CT molecular complexity index is 688. The topological polar surface area (TPSA) is 56.8 Å². The second-order valence-corrected chi connectivity index (χ2v) is 5.46. The third-order valence-electron chi connectivity index (χ3n) is 3.42. The molecule has 0 spiro atoms. The molecule has 0 heterocycles. The quantitative estimate of drug-likeness (QED) is 0.815. The van der Waals surface area contributed by atoms with Crippen molar-refractivity contribution >= 4 is 23.2 Å². The van der Waals surface area contributed by atoms with Crippen LogP contribution < -0.4 is 19.5 Å². The number of hydrogen-bond acceptors (Lipinski definition) is 4. The molecule has 1 atom stereocenters. The molecule has 0 radical (unpaired) electrons. The molecule has 0 aliphatic heterocycles. The van der Waals surface area contributed by atoms with E-state index in [0.29, 0.717) is 28.6 Å². The van der Waals surface area contributed by atoms with Gasteiger partial charge in [0.05, 0.1) is 19.9 Å². The first-order valence-corrected chi connectivity index (χ1v) is 7.90. The minimum atomic E-state index is -0.637. The first-order chi connectivity index (χ1) is 11.6. The second kappa shape index (κ2) is 8.45. The summed E-state index contributed by atoms with van der Waals surface area (Å²) in [7, 11) is 3.13. The molecule has 6 heteroatoms. The van der Waals surface area contributed by atoms with E-state index in [-0.39, 0.29) is 5.91 Å². The summed E-state index contributed by atoms with van der Waals surface area (Å²) in [5.74, 6) is 1.58. The Labute approximate surface area is 146 Å². The molecule has 1 amide bonds. The standard InChI is InChI=1S/C18H20ClNO4/c1-4-16(24-14-8-6-13(22-2)7-9-14)18(21)20-15-11-12(19)5-10-17(15)23-3/h5-11,16H,4H2,1-3H3,(H,20,21)/t16-/m1/s1. The van der Waals surface area contributed by atoms with Crippen molar-refractivity contribution < 1.29 is 19.0 Å². The van der Waals surface area contributed by atoms with Crippen LogP contribution in [0.1, 0.15) is 13.3 Å². The van der Waals surface area contributed by atoms with Crippen molar-refractivity contribution in [1.29, 1.82) is 0 Å². The van der Waals surface area contributed by atoms with Crippen LogP contribution in [0.15, 0.2) is 42.5 Å². The molecule has 0 aromatic heterocycles. The Morgan fingerprint density at radius 3 is 2.33 bits per heavy atom. The van der Waals surface area contributed by atoms with Gasteiger partial charge >= 0.3 is 0 Å². The van der Waals surface area contributed by atoms with Gasteiger partial charge in [-0.15, -0.1) is 0 Å². The summed E-state index contributed by atoms with van der Waals surface area (Å²) in [6.45, 7) is 1.88. The summed E-state index contributed by atoms with van der Waals surface area (Å²) in [5, 5.41) is 3.31. The highest BCUT2D eigenvalue weighted by Crippen LogP contribution is 2.28. The van der Waals surface area contributed by atoms with Crippen molar-refractivity contribution in [1.82, 2.24) is 0 Å². The van der Waals surface area contributed by atoms with Gasteiger partial charge in [-0.05, 0) is 48.9 Å². The van der Waals surface area contributed by atoms with Crippen LogP contribution in [0.5, 0.6) is 17.2 Å². The molecular formula is C18H20ClNO4. The van der Waals surface area contributed by atoms with Crippen LogP contribution >= 0.6 is 11.6 Å². The highest BCUT2D eigenvalue weighted by atomic mass is 35.5. The fourth-order valence-corrected chi connectivity index (χ4v) is 2.30. The summed E-state index contributed by atoms with van der Waals surface area (Å²) in [6, 6.07) is 12.1. The van der Waals surface area contributed by atoms with Crippen LogP contribution in [-0.2, 0) is 4.79 Å². The largest absolute Gasteiger partial charge is 0.497 e. The Morgan fingerprint density at radius 2 is 1.75 bits per heavy atom. The Hall–Kier alpha value is -2.40. The van der Waals surface area contributed by atoms with E-state index in [4.69, 9.17) is 25.8 Å². The van der Waals surface area contributed by atoms with E-state index in [1.807, 2.05) is 6.92 Å². The lowest BCUT2D eigenvalue weighted by Gasteiger charge is -2.18. The van der Waals surface area contributed by atoms with Crippen LogP contribution in [0, 0.1) is 0 Å². The van der Waals surface area contributed by atoms with Gasteiger partial charge in [0.2, 0.25) is 0 Å². The maximum atomic E-state index is 12.5. The molecule has 24 heavy (non-hydrogen) atoms. The first-order valence-electron chi connectivity index (χ1n) is 7.52. The van der Waals surface area contributed by atoms with Gasteiger partial charge < -0.3 is 19.5 Å². The number of ether oxygens (including phenoxy) is 3. The molecule has 0 fully saturated rings. The molecule has 0 aliphatic carbocycles.